The lowest BCUT2D eigenvalue weighted by molar-refractivity contribution is -0.143. The molecule has 4 aromatic carbocycles. The highest BCUT2D eigenvalue weighted by Gasteiger charge is 2.29. The first-order valence-corrected chi connectivity index (χ1v) is 19.6. The molecule has 13 heteroatoms. The number of rotatable bonds is 14. The Labute approximate surface area is 336 Å². The van der Waals surface area contributed by atoms with Gasteiger partial charge in [0.2, 0.25) is 5.91 Å². The van der Waals surface area contributed by atoms with Crippen LogP contribution >= 0.6 is 11.6 Å². The molecular formula is C44H46ClFN6O5. The Balaban J connectivity index is 1.12. The van der Waals surface area contributed by atoms with Crippen LogP contribution in [0.2, 0.25) is 5.02 Å². The minimum absolute atomic E-state index is 0.0255. The molecule has 2 aliphatic rings. The van der Waals surface area contributed by atoms with Crippen LogP contribution in [0, 0.1) is 23.1 Å². The van der Waals surface area contributed by atoms with Gasteiger partial charge in [-0.25, -0.2) is 4.39 Å². The number of methoxy groups -OCH3 is 2. The van der Waals surface area contributed by atoms with E-state index in [-0.39, 0.29) is 30.5 Å². The Morgan fingerprint density at radius 2 is 1.77 bits per heavy atom. The highest BCUT2D eigenvalue weighted by Crippen LogP contribution is 2.41. The molecule has 0 unspecified atom stereocenters. The van der Waals surface area contributed by atoms with Crippen molar-refractivity contribution >= 4 is 34.4 Å². The molecule has 1 atom stereocenters. The third-order valence-electron chi connectivity index (χ3n) is 11.5. The van der Waals surface area contributed by atoms with Gasteiger partial charge in [-0.3, -0.25) is 19.2 Å². The summed E-state index contributed by atoms with van der Waals surface area (Å²) in [7, 11) is 5.17. The van der Waals surface area contributed by atoms with Crippen LogP contribution in [0.1, 0.15) is 60.8 Å². The predicted octanol–water partition coefficient (Wildman–Crippen LogP) is 7.54. The van der Waals surface area contributed by atoms with Gasteiger partial charge in [0.15, 0.2) is 0 Å². The zero-order valence-electron chi connectivity index (χ0n) is 32.3. The van der Waals surface area contributed by atoms with Gasteiger partial charge in [-0.2, -0.15) is 10.4 Å². The van der Waals surface area contributed by atoms with Crippen LogP contribution in [0.25, 0.3) is 33.2 Å². The topological polar surface area (TPSA) is 142 Å². The van der Waals surface area contributed by atoms with Crippen LogP contribution in [0.15, 0.2) is 66.9 Å². The van der Waals surface area contributed by atoms with Crippen molar-refractivity contribution in [1.82, 2.24) is 25.3 Å². The Hall–Kier alpha value is -5.48. The molecule has 1 amide bonds. The molecule has 3 N–H and O–H groups in total. The number of carboxylic acids is 1. The largest absolute Gasteiger partial charge is 0.496 e. The minimum Gasteiger partial charge on any atom is -0.496 e. The van der Waals surface area contributed by atoms with E-state index in [0.29, 0.717) is 77.7 Å². The van der Waals surface area contributed by atoms with E-state index < -0.39 is 11.8 Å². The van der Waals surface area contributed by atoms with E-state index >= 15 is 4.39 Å². The van der Waals surface area contributed by atoms with Gasteiger partial charge < -0.3 is 25.2 Å². The highest BCUT2D eigenvalue weighted by molar-refractivity contribution is 6.36. The molecule has 1 aromatic heterocycles. The Kier molecular flexibility index (Phi) is 12.1. The van der Waals surface area contributed by atoms with Crippen molar-refractivity contribution in [2.45, 2.75) is 70.2 Å². The van der Waals surface area contributed by atoms with Crippen LogP contribution in [0.5, 0.6) is 11.5 Å². The van der Waals surface area contributed by atoms with E-state index in [2.05, 4.69) is 21.6 Å². The van der Waals surface area contributed by atoms with Crippen molar-refractivity contribution in [3.05, 3.63) is 100.0 Å². The number of benzene rings is 4. The Morgan fingerprint density at radius 1 is 1.04 bits per heavy atom. The second-order valence-electron chi connectivity index (χ2n) is 15.0. The van der Waals surface area contributed by atoms with E-state index in [1.807, 2.05) is 60.3 Å². The van der Waals surface area contributed by atoms with Crippen LogP contribution in [-0.2, 0) is 29.2 Å². The first-order chi connectivity index (χ1) is 27.6. The number of hydrogen-bond donors (Lipinski definition) is 3. The summed E-state index contributed by atoms with van der Waals surface area (Å²) in [5.74, 6) is -0.324. The molecule has 1 aliphatic heterocycles. The smallest absolute Gasteiger partial charge is 0.306 e. The van der Waals surface area contributed by atoms with Crippen molar-refractivity contribution in [3.63, 3.8) is 0 Å². The van der Waals surface area contributed by atoms with Crippen molar-refractivity contribution in [1.29, 1.82) is 5.26 Å². The summed E-state index contributed by atoms with van der Waals surface area (Å²) in [6.45, 7) is 1.66. The summed E-state index contributed by atoms with van der Waals surface area (Å²) < 4.78 is 29.0. The van der Waals surface area contributed by atoms with Crippen LogP contribution in [0.3, 0.4) is 0 Å². The van der Waals surface area contributed by atoms with E-state index in [9.17, 15) is 20.0 Å². The number of carbonyl (C=O) groups is 2. The molecule has 1 aliphatic carbocycles. The molecule has 57 heavy (non-hydrogen) atoms. The predicted molar refractivity (Wildman–Crippen MR) is 217 cm³/mol. The molecule has 0 spiro atoms. The zero-order chi connectivity index (χ0) is 40.2. The van der Waals surface area contributed by atoms with E-state index in [0.717, 1.165) is 52.4 Å². The number of hydrogen-bond acceptors (Lipinski definition) is 8. The van der Waals surface area contributed by atoms with Gasteiger partial charge in [-0.05, 0) is 86.2 Å². The van der Waals surface area contributed by atoms with Gasteiger partial charge in [-0.1, -0.05) is 41.9 Å². The van der Waals surface area contributed by atoms with Crippen molar-refractivity contribution in [3.8, 4) is 39.8 Å². The summed E-state index contributed by atoms with van der Waals surface area (Å²) in [6.07, 6.45) is 5.99. The summed E-state index contributed by atoms with van der Waals surface area (Å²) in [6, 6.07) is 21.3. The molecule has 0 radical (unpaired) electrons. The molecule has 1 saturated carbocycles. The number of fused-ring (bicyclic) bond motifs is 1. The number of amides is 1. The maximum absolute atomic E-state index is 15.7. The van der Waals surface area contributed by atoms with E-state index in [1.165, 1.54) is 13.2 Å². The number of nitrogens with zero attached hydrogens (tertiary/aromatic N) is 4. The molecule has 2 heterocycles. The van der Waals surface area contributed by atoms with E-state index in [4.69, 9.17) is 26.2 Å². The number of carboxylic acid groups (broad SMARTS) is 1. The number of halogens is 2. The molecule has 7 rings (SSSR count). The maximum atomic E-state index is 15.7. The maximum Gasteiger partial charge on any atom is 0.306 e. The quantitative estimate of drug-likeness (QED) is 0.104. The number of carbonyl (C=O) groups excluding carboxylic acids is 1. The SMILES string of the molecule is COc1cc(Cn2ncc3c(-c4cccc(-c5cc(F)c(CNC[C@@H]6CCC(=O)N6)c(OC)c5)c4Cl)cccc32)c(C#N)cc1CN(C)[C@H]1CC[C@H](C(=O)O)CC1. The summed E-state index contributed by atoms with van der Waals surface area (Å²) >= 11 is 7.15. The zero-order valence-corrected chi connectivity index (χ0v) is 33.0. The average Bonchev–Trinajstić information content (AvgIpc) is 3.83. The third kappa shape index (κ3) is 8.47. The number of nitriles is 1. The van der Waals surface area contributed by atoms with Gasteiger partial charge >= 0.3 is 5.97 Å². The van der Waals surface area contributed by atoms with Crippen molar-refractivity contribution < 1.29 is 28.6 Å². The van der Waals surface area contributed by atoms with Crippen LogP contribution in [-0.4, -0.2) is 71.6 Å². The van der Waals surface area contributed by atoms with Crippen LogP contribution < -0.4 is 20.1 Å². The standard InChI is InChI=1S/C44H46ClFN6O5/c1-51(32-13-10-26(11-14-32)44(54)55)24-30-16-28(20-47)29(19-40(30)56-2)25-52-39-9-5-7-34(36(39)23-49-52)35-8-4-6-33(43(35)45)27-17-38(46)37(41(18-27)57-3)22-48-21-31-12-15-42(53)50-31/h4-9,16-19,23,26,31-32,48H,10-15,21-22,24-25H2,1-3H3,(H,50,53)(H,54,55)/t26-,31-,32-/m0/s1. The van der Waals surface area contributed by atoms with Gasteiger partial charge in [0.25, 0.3) is 0 Å². The molecule has 296 valence electrons. The summed E-state index contributed by atoms with van der Waals surface area (Å²) in [4.78, 5) is 25.2. The molecule has 5 aromatic rings. The molecule has 0 bridgehead atoms. The second-order valence-corrected chi connectivity index (χ2v) is 15.4. The molecule has 11 nitrogen and oxygen atoms in total. The van der Waals surface area contributed by atoms with Crippen LogP contribution in [0.4, 0.5) is 4.39 Å². The lowest BCUT2D eigenvalue weighted by atomic mass is 9.85. The van der Waals surface area contributed by atoms with Gasteiger partial charge in [-0.15, -0.1) is 0 Å². The fourth-order valence-electron chi connectivity index (χ4n) is 8.29. The van der Waals surface area contributed by atoms with Crippen molar-refractivity contribution in [2.75, 3.05) is 27.8 Å². The molecule has 2 fully saturated rings. The lowest BCUT2D eigenvalue weighted by Crippen LogP contribution is -2.36. The summed E-state index contributed by atoms with van der Waals surface area (Å²) in [5.41, 5.74) is 6.25. The molecular weight excluding hydrogens is 747 g/mol. The Morgan fingerprint density at radius 3 is 2.47 bits per heavy atom. The Bertz CT molecular complexity index is 2350. The van der Waals surface area contributed by atoms with E-state index in [1.54, 1.807) is 19.4 Å². The van der Waals surface area contributed by atoms with Gasteiger partial charge in [0.1, 0.15) is 17.3 Å². The number of nitrogens with one attached hydrogen (secondary N) is 2. The number of ether oxygens (including phenoxy) is 2. The first-order valence-electron chi connectivity index (χ1n) is 19.2. The summed E-state index contributed by atoms with van der Waals surface area (Å²) in [5, 5.41) is 31.9. The fraction of sp³-hybridized carbons (Fsp3) is 0.364. The lowest BCUT2D eigenvalue weighted by Gasteiger charge is -2.33. The number of aliphatic carboxylic acids is 1. The monoisotopic (exact) mass is 792 g/mol. The fourth-order valence-corrected chi connectivity index (χ4v) is 8.62. The minimum atomic E-state index is -0.721. The molecule has 1 saturated heterocycles. The number of aromatic nitrogens is 2. The highest BCUT2D eigenvalue weighted by atomic mass is 35.5. The third-order valence-corrected chi connectivity index (χ3v) is 11.9. The van der Waals surface area contributed by atoms with Crippen molar-refractivity contribution in [2.24, 2.45) is 5.92 Å². The van der Waals surface area contributed by atoms with Gasteiger partial charge in [0, 0.05) is 65.8 Å². The first kappa shape index (κ1) is 39.7. The average molecular weight is 793 g/mol. The second kappa shape index (κ2) is 17.3. The van der Waals surface area contributed by atoms with Gasteiger partial charge in [0.05, 0.1) is 55.1 Å². The normalized spacial score (nSPS) is 18.1.